The molecule has 7 nitrogen and oxygen atoms in total. The molecule has 3 N–H and O–H groups in total. The smallest absolute Gasteiger partial charge is 0.224 e. The summed E-state index contributed by atoms with van der Waals surface area (Å²) in [4.78, 5) is 13.0. The van der Waals surface area contributed by atoms with Crippen LogP contribution in [0, 0.1) is 29.1 Å². The lowest BCUT2D eigenvalue weighted by Crippen LogP contribution is -2.54. The van der Waals surface area contributed by atoms with E-state index in [9.17, 15) is 10.4 Å². The van der Waals surface area contributed by atoms with Crippen molar-refractivity contribution in [3.63, 3.8) is 0 Å². The highest BCUT2D eigenvalue weighted by Gasteiger charge is 2.43. The van der Waals surface area contributed by atoms with E-state index in [4.69, 9.17) is 0 Å². The molecule has 1 heterocycles. The number of aliphatic hydroxyl groups is 1. The Morgan fingerprint density at radius 3 is 2.53 bits per heavy atom. The Kier molecular flexibility index (Phi) is 9.08. The van der Waals surface area contributed by atoms with Gasteiger partial charge < -0.3 is 15.7 Å². The van der Waals surface area contributed by atoms with Gasteiger partial charge in [0.15, 0.2) is 0 Å². The molecule has 0 aliphatic heterocycles. The third kappa shape index (κ3) is 6.27. The molecule has 2 bridgehead atoms. The highest BCUT2D eigenvalue weighted by atomic mass is 32.2. The molecule has 3 aliphatic carbocycles. The molecule has 8 heteroatoms. The Hall–Kier alpha value is -2.34. The maximum atomic E-state index is 9.97. The molecule has 5 rings (SSSR count). The van der Waals surface area contributed by atoms with Crippen LogP contribution < -0.4 is 10.6 Å². The van der Waals surface area contributed by atoms with Crippen molar-refractivity contribution in [1.29, 1.82) is 5.26 Å². The summed E-state index contributed by atoms with van der Waals surface area (Å²) in [5, 5.41) is 26.5. The zero-order chi connectivity index (χ0) is 26.5. The second kappa shape index (κ2) is 12.7. The highest BCUT2D eigenvalue weighted by Crippen LogP contribution is 2.46. The molecule has 0 radical (unpaired) electrons. The zero-order valence-corrected chi connectivity index (χ0v) is 23.6. The largest absolute Gasteiger partial charge is 0.393 e. The quantitative estimate of drug-likeness (QED) is 0.362. The average Bonchev–Trinajstić information content (AvgIpc) is 2.94. The van der Waals surface area contributed by atoms with Gasteiger partial charge in [0.2, 0.25) is 5.95 Å². The number of hydrogen-bond acceptors (Lipinski definition) is 8. The molecule has 1 aromatic heterocycles. The molecule has 204 valence electrons. The van der Waals surface area contributed by atoms with Gasteiger partial charge in [0, 0.05) is 30.1 Å². The van der Waals surface area contributed by atoms with E-state index in [0.717, 1.165) is 44.1 Å². The molecule has 3 aliphatic rings. The van der Waals surface area contributed by atoms with E-state index in [1.807, 2.05) is 6.07 Å². The Bertz CT molecular complexity index is 1100. The fourth-order valence-electron chi connectivity index (χ4n) is 7.32. The van der Waals surface area contributed by atoms with Gasteiger partial charge in [-0.1, -0.05) is 24.6 Å². The standard InChI is InChI=1S/C30H42N6OS/c1-36(25-10-12-26(37)13-11-25)28-21-7-5-8-22(28)15-20(14-21)17-32-29-24(16-31)19-34-30(35-29)33-18-23-6-3-4-9-27(23)38-2/h3-4,6,9,19-22,25-26,28,37H,5,7-8,10-15,17-18H2,1-2H3,(H2,32,33,34,35)/t20?,21-,22+,25?,26?,28?. The van der Waals surface area contributed by atoms with Crippen LogP contribution in [0.5, 0.6) is 0 Å². The van der Waals surface area contributed by atoms with E-state index in [0.29, 0.717) is 41.9 Å². The van der Waals surface area contributed by atoms with Gasteiger partial charge in [-0.15, -0.1) is 11.8 Å². The van der Waals surface area contributed by atoms with Gasteiger partial charge in [-0.05, 0) is 94.1 Å². The lowest BCUT2D eigenvalue weighted by Gasteiger charge is -2.52. The first kappa shape index (κ1) is 27.2. The van der Waals surface area contributed by atoms with Crippen molar-refractivity contribution in [3.8, 4) is 6.07 Å². The second-order valence-electron chi connectivity index (χ2n) is 11.5. The van der Waals surface area contributed by atoms with Crippen LogP contribution >= 0.6 is 11.8 Å². The summed E-state index contributed by atoms with van der Waals surface area (Å²) in [7, 11) is 2.35. The van der Waals surface area contributed by atoms with Crippen LogP contribution in [0.2, 0.25) is 0 Å². The Morgan fingerprint density at radius 2 is 1.82 bits per heavy atom. The number of aromatic nitrogens is 2. The monoisotopic (exact) mass is 534 g/mol. The van der Waals surface area contributed by atoms with E-state index < -0.39 is 0 Å². The minimum Gasteiger partial charge on any atom is -0.393 e. The maximum absolute atomic E-state index is 9.97. The van der Waals surface area contributed by atoms with Gasteiger partial charge in [0.25, 0.3) is 0 Å². The fraction of sp³-hybridized carbons (Fsp3) is 0.633. The van der Waals surface area contributed by atoms with Crippen molar-refractivity contribution >= 4 is 23.5 Å². The Labute approximate surface area is 231 Å². The topological polar surface area (TPSA) is 97.1 Å². The highest BCUT2D eigenvalue weighted by molar-refractivity contribution is 7.98. The Morgan fingerprint density at radius 1 is 1.08 bits per heavy atom. The van der Waals surface area contributed by atoms with Crippen molar-refractivity contribution in [3.05, 3.63) is 41.6 Å². The average molecular weight is 535 g/mol. The van der Waals surface area contributed by atoms with Crippen LogP contribution in [0.4, 0.5) is 11.8 Å². The molecule has 2 aromatic rings. The molecule has 0 amide bonds. The molecule has 1 aromatic carbocycles. The summed E-state index contributed by atoms with van der Waals surface area (Å²) >= 11 is 1.73. The lowest BCUT2D eigenvalue weighted by atomic mass is 9.64. The predicted molar refractivity (Wildman–Crippen MR) is 154 cm³/mol. The summed E-state index contributed by atoms with van der Waals surface area (Å²) in [5.74, 6) is 3.24. The van der Waals surface area contributed by atoms with E-state index in [1.165, 1.54) is 42.6 Å². The number of anilines is 2. The summed E-state index contributed by atoms with van der Waals surface area (Å²) in [6.07, 6.45) is 14.2. The number of fused-ring (bicyclic) bond motifs is 2. The van der Waals surface area contributed by atoms with Gasteiger partial charge in [-0.3, -0.25) is 4.90 Å². The van der Waals surface area contributed by atoms with Crippen molar-refractivity contribution in [2.75, 3.05) is 30.5 Å². The van der Waals surface area contributed by atoms with E-state index in [-0.39, 0.29) is 6.10 Å². The molecule has 3 fully saturated rings. The number of nitrogens with one attached hydrogen (secondary N) is 2. The summed E-state index contributed by atoms with van der Waals surface area (Å²) in [6.45, 7) is 1.49. The number of aliphatic hydroxyl groups excluding tert-OH is 1. The number of thioether (sulfide) groups is 1. The first-order valence-corrected chi connectivity index (χ1v) is 15.5. The summed E-state index contributed by atoms with van der Waals surface area (Å²) in [6, 6.07) is 11.9. The minimum atomic E-state index is -0.0945. The third-order valence-corrected chi connectivity index (χ3v) is 10.0. The Balaban J connectivity index is 1.20. The van der Waals surface area contributed by atoms with Crippen LogP contribution in [-0.4, -0.2) is 58.0 Å². The van der Waals surface area contributed by atoms with Crippen molar-refractivity contribution in [1.82, 2.24) is 14.9 Å². The van der Waals surface area contributed by atoms with Crippen molar-refractivity contribution in [2.24, 2.45) is 17.8 Å². The first-order valence-electron chi connectivity index (χ1n) is 14.3. The van der Waals surface area contributed by atoms with Gasteiger partial charge in [0.1, 0.15) is 17.5 Å². The van der Waals surface area contributed by atoms with E-state index in [2.05, 4.69) is 63.1 Å². The zero-order valence-electron chi connectivity index (χ0n) is 22.8. The van der Waals surface area contributed by atoms with Crippen LogP contribution in [0.3, 0.4) is 0 Å². The molecule has 0 saturated heterocycles. The first-order chi connectivity index (χ1) is 18.6. The lowest BCUT2D eigenvalue weighted by molar-refractivity contribution is -0.0231. The predicted octanol–water partition coefficient (Wildman–Crippen LogP) is 5.52. The SMILES string of the molecule is CSc1ccccc1CNc1ncc(C#N)c(NCC2C[C@H]3CCC[C@@H](C2)C3N(C)C2CCC(O)CC2)n1. The van der Waals surface area contributed by atoms with E-state index in [1.54, 1.807) is 18.0 Å². The number of rotatable bonds is 9. The fourth-order valence-corrected chi connectivity index (χ4v) is 7.94. The van der Waals surface area contributed by atoms with Gasteiger partial charge >= 0.3 is 0 Å². The maximum Gasteiger partial charge on any atom is 0.224 e. The molecular weight excluding hydrogens is 492 g/mol. The number of hydrogen-bond donors (Lipinski definition) is 3. The summed E-state index contributed by atoms with van der Waals surface area (Å²) in [5.41, 5.74) is 1.70. The minimum absolute atomic E-state index is 0.0945. The number of nitriles is 1. The van der Waals surface area contributed by atoms with Gasteiger partial charge in [0.05, 0.1) is 12.3 Å². The van der Waals surface area contributed by atoms with Crippen molar-refractivity contribution in [2.45, 2.75) is 87.4 Å². The van der Waals surface area contributed by atoms with Gasteiger partial charge in [-0.25, -0.2) is 4.98 Å². The van der Waals surface area contributed by atoms with Crippen LogP contribution in [-0.2, 0) is 6.54 Å². The molecule has 4 atom stereocenters. The third-order valence-electron chi connectivity index (χ3n) is 9.20. The number of nitrogens with zero attached hydrogens (tertiary/aromatic N) is 4. The molecule has 2 unspecified atom stereocenters. The molecule has 0 spiro atoms. The molecular formula is C30H42N6OS. The second-order valence-corrected chi connectivity index (χ2v) is 12.4. The number of benzene rings is 1. The van der Waals surface area contributed by atoms with Crippen molar-refractivity contribution < 1.29 is 5.11 Å². The van der Waals surface area contributed by atoms with Crippen LogP contribution in [0.1, 0.15) is 68.9 Å². The molecule has 3 saturated carbocycles. The van der Waals surface area contributed by atoms with Gasteiger partial charge in [-0.2, -0.15) is 10.2 Å². The van der Waals surface area contributed by atoms with Crippen LogP contribution in [0.15, 0.2) is 35.4 Å². The van der Waals surface area contributed by atoms with E-state index >= 15 is 0 Å². The summed E-state index contributed by atoms with van der Waals surface area (Å²) < 4.78 is 0. The normalized spacial score (nSPS) is 29.0. The molecule has 38 heavy (non-hydrogen) atoms. The van der Waals surface area contributed by atoms with Crippen LogP contribution in [0.25, 0.3) is 0 Å².